The minimum Gasteiger partial charge on any atom is -0.492 e. The molecule has 1 aromatic heterocycles. The van der Waals surface area contributed by atoms with Crippen molar-refractivity contribution in [2.45, 2.75) is 47.6 Å². The lowest BCUT2D eigenvalue weighted by molar-refractivity contribution is 0.240. The van der Waals surface area contributed by atoms with Gasteiger partial charge < -0.3 is 10.1 Å². The predicted molar refractivity (Wildman–Crippen MR) is 80.3 cm³/mol. The van der Waals surface area contributed by atoms with E-state index in [-0.39, 0.29) is 0 Å². The van der Waals surface area contributed by atoms with Crippen LogP contribution in [-0.2, 0) is 6.54 Å². The van der Waals surface area contributed by atoms with E-state index in [2.05, 4.69) is 44.9 Å². The van der Waals surface area contributed by atoms with E-state index in [1.165, 1.54) is 5.56 Å². The minimum absolute atomic E-state index is 0.304. The maximum Gasteiger partial charge on any atom is 0.142 e. The molecule has 0 aliphatic heterocycles. The molecule has 0 aliphatic rings. The predicted octanol–water partition coefficient (Wildman–Crippen LogP) is 3.64. The van der Waals surface area contributed by atoms with Gasteiger partial charge in [0, 0.05) is 18.3 Å². The molecule has 0 fully saturated rings. The summed E-state index contributed by atoms with van der Waals surface area (Å²) in [5, 5.41) is 3.44. The molecule has 0 unspecified atom stereocenters. The molecule has 0 amide bonds. The van der Waals surface area contributed by atoms with Gasteiger partial charge in [0.25, 0.3) is 0 Å². The van der Waals surface area contributed by atoms with E-state index >= 15 is 0 Å². The first-order valence-electron chi connectivity index (χ1n) is 7.15. The largest absolute Gasteiger partial charge is 0.492 e. The summed E-state index contributed by atoms with van der Waals surface area (Å²) < 4.78 is 5.87. The fourth-order valence-electron chi connectivity index (χ4n) is 1.65. The first kappa shape index (κ1) is 16.0. The van der Waals surface area contributed by atoms with Crippen LogP contribution in [0.1, 0.15) is 46.6 Å². The average Bonchev–Trinajstić information content (AvgIpc) is 2.29. The van der Waals surface area contributed by atoms with Gasteiger partial charge in [-0.2, -0.15) is 0 Å². The Balaban J connectivity index is 2.48. The Morgan fingerprint density at radius 3 is 2.68 bits per heavy atom. The molecule has 1 heterocycles. The third-order valence-corrected chi connectivity index (χ3v) is 2.85. The Labute approximate surface area is 117 Å². The smallest absolute Gasteiger partial charge is 0.142 e. The molecule has 0 spiro atoms. The molecule has 0 aromatic carbocycles. The van der Waals surface area contributed by atoms with Gasteiger partial charge in [-0.15, -0.1) is 0 Å². The Morgan fingerprint density at radius 2 is 2.05 bits per heavy atom. The number of aromatic nitrogens is 1. The highest BCUT2D eigenvalue weighted by Crippen LogP contribution is 2.21. The summed E-state index contributed by atoms with van der Waals surface area (Å²) in [5.74, 6) is 1.56. The van der Waals surface area contributed by atoms with Crippen molar-refractivity contribution in [2.24, 2.45) is 11.3 Å². The van der Waals surface area contributed by atoms with Crippen LogP contribution in [0.15, 0.2) is 18.5 Å². The standard InChI is InChI=1S/C16H28N2O/c1-13(2)10-18-11-14-6-8-17-12-15(14)19-9-7-16(3,4)5/h6,8,12-13,18H,7,9-11H2,1-5H3. The lowest BCUT2D eigenvalue weighted by Crippen LogP contribution is -2.19. The Hall–Kier alpha value is -1.09. The number of rotatable bonds is 7. The van der Waals surface area contributed by atoms with E-state index < -0.39 is 0 Å². The van der Waals surface area contributed by atoms with E-state index in [0.29, 0.717) is 11.3 Å². The van der Waals surface area contributed by atoms with Crippen molar-refractivity contribution in [1.82, 2.24) is 10.3 Å². The molecular weight excluding hydrogens is 236 g/mol. The summed E-state index contributed by atoms with van der Waals surface area (Å²) in [5.41, 5.74) is 1.49. The average molecular weight is 264 g/mol. The summed E-state index contributed by atoms with van der Waals surface area (Å²) in [4.78, 5) is 4.15. The van der Waals surface area contributed by atoms with Gasteiger partial charge in [0.1, 0.15) is 5.75 Å². The van der Waals surface area contributed by atoms with Crippen LogP contribution in [0.5, 0.6) is 5.75 Å². The second-order valence-corrected chi connectivity index (χ2v) is 6.67. The zero-order valence-electron chi connectivity index (χ0n) is 13.0. The number of hydrogen-bond acceptors (Lipinski definition) is 3. The van der Waals surface area contributed by atoms with E-state index in [1.54, 1.807) is 0 Å². The summed E-state index contributed by atoms with van der Waals surface area (Å²) in [7, 11) is 0. The molecule has 108 valence electrons. The first-order valence-corrected chi connectivity index (χ1v) is 7.15. The Bertz CT molecular complexity index is 369. The van der Waals surface area contributed by atoms with Gasteiger partial charge in [-0.05, 0) is 30.4 Å². The van der Waals surface area contributed by atoms with Gasteiger partial charge in [0.05, 0.1) is 12.8 Å². The molecule has 3 nitrogen and oxygen atoms in total. The number of nitrogens with one attached hydrogen (secondary N) is 1. The van der Waals surface area contributed by atoms with Gasteiger partial charge in [-0.25, -0.2) is 0 Å². The van der Waals surface area contributed by atoms with Crippen molar-refractivity contribution >= 4 is 0 Å². The topological polar surface area (TPSA) is 34.2 Å². The van der Waals surface area contributed by atoms with Crippen molar-refractivity contribution in [3.05, 3.63) is 24.0 Å². The van der Waals surface area contributed by atoms with E-state index in [0.717, 1.165) is 31.9 Å². The Morgan fingerprint density at radius 1 is 1.32 bits per heavy atom. The lowest BCUT2D eigenvalue weighted by atomic mass is 9.93. The first-order chi connectivity index (χ1) is 8.88. The third-order valence-electron chi connectivity index (χ3n) is 2.85. The monoisotopic (exact) mass is 264 g/mol. The van der Waals surface area contributed by atoms with Crippen LogP contribution in [0.2, 0.25) is 0 Å². The van der Waals surface area contributed by atoms with Crippen molar-refractivity contribution in [1.29, 1.82) is 0 Å². The van der Waals surface area contributed by atoms with Crippen LogP contribution in [0.3, 0.4) is 0 Å². The molecule has 0 saturated carbocycles. The van der Waals surface area contributed by atoms with Crippen molar-refractivity contribution in [2.75, 3.05) is 13.2 Å². The van der Waals surface area contributed by atoms with Crippen LogP contribution >= 0.6 is 0 Å². The number of pyridine rings is 1. The molecule has 0 atom stereocenters. The van der Waals surface area contributed by atoms with E-state index in [9.17, 15) is 0 Å². The molecule has 1 rings (SSSR count). The third kappa shape index (κ3) is 7.16. The molecular formula is C16H28N2O. The summed E-state index contributed by atoms with van der Waals surface area (Å²) in [6.07, 6.45) is 4.68. The molecule has 0 aliphatic carbocycles. The quantitative estimate of drug-likeness (QED) is 0.816. The highest BCUT2D eigenvalue weighted by Gasteiger charge is 2.11. The van der Waals surface area contributed by atoms with Gasteiger partial charge in [-0.3, -0.25) is 4.98 Å². The van der Waals surface area contributed by atoms with Gasteiger partial charge >= 0.3 is 0 Å². The fraction of sp³-hybridized carbons (Fsp3) is 0.688. The van der Waals surface area contributed by atoms with Gasteiger partial charge in [-0.1, -0.05) is 34.6 Å². The van der Waals surface area contributed by atoms with E-state index in [4.69, 9.17) is 4.74 Å². The Kier molecular flexibility index (Phi) is 6.29. The van der Waals surface area contributed by atoms with Gasteiger partial charge in [0.15, 0.2) is 0 Å². The second kappa shape index (κ2) is 7.49. The maximum absolute atomic E-state index is 5.87. The van der Waals surface area contributed by atoms with E-state index in [1.807, 2.05) is 18.5 Å². The zero-order valence-corrected chi connectivity index (χ0v) is 13.0. The van der Waals surface area contributed by atoms with Gasteiger partial charge in [0.2, 0.25) is 0 Å². The zero-order chi connectivity index (χ0) is 14.3. The highest BCUT2D eigenvalue weighted by atomic mass is 16.5. The van der Waals surface area contributed by atoms with Crippen LogP contribution in [0.4, 0.5) is 0 Å². The summed E-state index contributed by atoms with van der Waals surface area (Å²) in [6.45, 7) is 13.7. The summed E-state index contributed by atoms with van der Waals surface area (Å²) >= 11 is 0. The normalized spacial score (nSPS) is 11.9. The molecule has 19 heavy (non-hydrogen) atoms. The number of ether oxygens (including phenoxy) is 1. The fourth-order valence-corrected chi connectivity index (χ4v) is 1.65. The van der Waals surface area contributed by atoms with Crippen LogP contribution in [0, 0.1) is 11.3 Å². The SMILES string of the molecule is CC(C)CNCc1ccncc1OCCC(C)(C)C. The molecule has 3 heteroatoms. The maximum atomic E-state index is 5.87. The second-order valence-electron chi connectivity index (χ2n) is 6.67. The van der Waals surface area contributed by atoms with Crippen molar-refractivity contribution < 1.29 is 4.74 Å². The molecule has 0 radical (unpaired) electrons. The number of nitrogens with zero attached hydrogens (tertiary/aromatic N) is 1. The van der Waals surface area contributed by atoms with Crippen LogP contribution in [-0.4, -0.2) is 18.1 Å². The highest BCUT2D eigenvalue weighted by molar-refractivity contribution is 5.29. The molecule has 1 aromatic rings. The van der Waals surface area contributed by atoms with Crippen molar-refractivity contribution in [3.8, 4) is 5.75 Å². The molecule has 0 bridgehead atoms. The van der Waals surface area contributed by atoms with Crippen LogP contribution < -0.4 is 10.1 Å². The van der Waals surface area contributed by atoms with Crippen molar-refractivity contribution in [3.63, 3.8) is 0 Å². The molecule has 1 N–H and O–H groups in total. The van der Waals surface area contributed by atoms with Crippen LogP contribution in [0.25, 0.3) is 0 Å². The summed E-state index contributed by atoms with van der Waals surface area (Å²) in [6, 6.07) is 2.03. The molecule has 0 saturated heterocycles. The minimum atomic E-state index is 0.304. The number of hydrogen-bond donors (Lipinski definition) is 1. The lowest BCUT2D eigenvalue weighted by Gasteiger charge is -2.19.